The molecule has 17 unspecified atom stereocenters. The highest BCUT2D eigenvalue weighted by molar-refractivity contribution is 5.76. The SMILES string of the molecule is CCCCCCC/C=C\C/C=C\CCCCCCCCCCCCCC(=O)NC(COC1OC(CO)C(OC2OC(CO)C(OC3OC(CO)C(O)C(O)C3O)C(O)C2O)C(O)C1O)C(O)CCCCCCCCCCCCCCCCCCC. The van der Waals surface area contributed by atoms with E-state index in [1.165, 1.54) is 167 Å². The van der Waals surface area contributed by atoms with Crippen LogP contribution in [0.1, 0.15) is 258 Å². The third kappa shape index (κ3) is 31.7. The molecular formula is C66H123NO18. The van der Waals surface area contributed by atoms with Gasteiger partial charge < -0.3 is 89.9 Å². The molecule has 3 saturated heterocycles. The molecule has 1 amide bonds. The number of carbonyl (C=O) groups is 1. The van der Waals surface area contributed by atoms with Gasteiger partial charge in [0.05, 0.1) is 38.6 Å². The number of amides is 1. The monoisotopic (exact) mass is 1220 g/mol. The minimum Gasteiger partial charge on any atom is -0.394 e. The fraction of sp³-hybridized carbons (Fsp3) is 0.924. The lowest BCUT2D eigenvalue weighted by Crippen LogP contribution is -2.66. The maximum Gasteiger partial charge on any atom is 0.220 e. The quantitative estimate of drug-likeness (QED) is 0.0201. The van der Waals surface area contributed by atoms with E-state index in [2.05, 4.69) is 43.5 Å². The lowest BCUT2D eigenvalue weighted by molar-refractivity contribution is -0.379. The summed E-state index contributed by atoms with van der Waals surface area (Å²) in [5.74, 6) is -0.243. The Hall–Kier alpha value is -1.73. The Morgan fingerprint density at radius 3 is 1.20 bits per heavy atom. The molecule has 0 aliphatic carbocycles. The van der Waals surface area contributed by atoms with Crippen LogP contribution in [0, 0.1) is 0 Å². The van der Waals surface area contributed by atoms with Crippen molar-refractivity contribution in [3.05, 3.63) is 24.3 Å². The van der Waals surface area contributed by atoms with Gasteiger partial charge in [-0.3, -0.25) is 4.79 Å². The molecule has 85 heavy (non-hydrogen) atoms. The van der Waals surface area contributed by atoms with Crippen LogP contribution in [-0.4, -0.2) is 193 Å². The van der Waals surface area contributed by atoms with E-state index < -0.39 is 124 Å². The minimum absolute atomic E-state index is 0.243. The van der Waals surface area contributed by atoms with Crippen LogP contribution in [0.3, 0.4) is 0 Å². The minimum atomic E-state index is -1.97. The lowest BCUT2D eigenvalue weighted by atomic mass is 9.96. The van der Waals surface area contributed by atoms with E-state index in [-0.39, 0.29) is 18.9 Å². The van der Waals surface area contributed by atoms with Gasteiger partial charge in [-0.25, -0.2) is 0 Å². The molecule has 0 aromatic heterocycles. The second-order valence-electron chi connectivity index (χ2n) is 24.6. The number of ether oxygens (including phenoxy) is 6. The van der Waals surface area contributed by atoms with Crippen molar-refractivity contribution in [1.82, 2.24) is 5.32 Å². The summed E-state index contributed by atoms with van der Waals surface area (Å²) in [5, 5.41) is 121. The number of carbonyl (C=O) groups excluding carboxylic acids is 1. The van der Waals surface area contributed by atoms with Gasteiger partial charge in [0.15, 0.2) is 18.9 Å². The third-order valence-corrected chi connectivity index (χ3v) is 17.3. The zero-order chi connectivity index (χ0) is 61.9. The largest absolute Gasteiger partial charge is 0.394 e. The third-order valence-electron chi connectivity index (χ3n) is 17.3. The van der Waals surface area contributed by atoms with Crippen molar-refractivity contribution in [3.63, 3.8) is 0 Å². The van der Waals surface area contributed by atoms with Crippen LogP contribution < -0.4 is 5.32 Å². The van der Waals surface area contributed by atoms with Gasteiger partial charge in [-0.2, -0.15) is 0 Å². The molecule has 17 atom stereocenters. The van der Waals surface area contributed by atoms with Gasteiger partial charge in [0.1, 0.15) is 73.2 Å². The second kappa shape index (κ2) is 49.0. The number of allylic oxidation sites excluding steroid dienone is 4. The Morgan fingerprint density at radius 1 is 0.424 bits per heavy atom. The van der Waals surface area contributed by atoms with Crippen LogP contribution in [0.5, 0.6) is 0 Å². The summed E-state index contributed by atoms with van der Waals surface area (Å²) in [5.41, 5.74) is 0. The fourth-order valence-electron chi connectivity index (χ4n) is 11.7. The summed E-state index contributed by atoms with van der Waals surface area (Å²) in [4.78, 5) is 13.4. The zero-order valence-corrected chi connectivity index (χ0v) is 52.6. The zero-order valence-electron chi connectivity index (χ0n) is 52.6. The van der Waals surface area contributed by atoms with E-state index in [0.29, 0.717) is 12.8 Å². The first-order valence-electron chi connectivity index (χ1n) is 34.1. The Bertz CT molecular complexity index is 1640. The first-order chi connectivity index (χ1) is 41.3. The topological polar surface area (TPSA) is 307 Å². The van der Waals surface area contributed by atoms with Crippen molar-refractivity contribution in [1.29, 1.82) is 0 Å². The molecular weight excluding hydrogens is 1090 g/mol. The van der Waals surface area contributed by atoms with Gasteiger partial charge in [0, 0.05) is 6.42 Å². The predicted molar refractivity (Wildman–Crippen MR) is 328 cm³/mol. The normalized spacial score (nSPS) is 29.1. The highest BCUT2D eigenvalue weighted by Gasteiger charge is 2.53. The molecule has 3 aliphatic rings. The summed E-state index contributed by atoms with van der Waals surface area (Å²) in [6.45, 7) is 1.81. The van der Waals surface area contributed by atoms with Crippen molar-refractivity contribution in [3.8, 4) is 0 Å². The van der Waals surface area contributed by atoms with Gasteiger partial charge in [-0.15, -0.1) is 0 Å². The Balaban J connectivity index is 1.44. The highest BCUT2D eigenvalue weighted by atomic mass is 16.8. The number of aliphatic hydroxyl groups is 11. The van der Waals surface area contributed by atoms with Crippen molar-refractivity contribution >= 4 is 5.91 Å². The average Bonchev–Trinajstić information content (AvgIpc) is 3.64. The number of unbranched alkanes of at least 4 members (excludes halogenated alkanes) is 32. The van der Waals surface area contributed by atoms with Gasteiger partial charge in [-0.1, -0.05) is 231 Å². The Labute approximate surface area is 511 Å². The van der Waals surface area contributed by atoms with Gasteiger partial charge in [0.2, 0.25) is 5.91 Å². The highest BCUT2D eigenvalue weighted by Crippen LogP contribution is 2.33. The molecule has 19 heteroatoms. The molecule has 3 rings (SSSR count). The van der Waals surface area contributed by atoms with Crippen LogP contribution in [0.15, 0.2) is 24.3 Å². The standard InChI is InChI=1S/C66H123NO18/c1-3-5-7-9-11-13-15-17-19-21-22-23-24-25-26-28-30-32-34-36-38-40-42-44-54(72)67-49(50(71)43-41-39-37-35-33-31-29-27-20-18-16-14-12-10-8-6-4-2)48-80-64-60(78)57(75)62(52(46-69)82-64)85-66-61(79)58(76)63(53(47-70)83-66)84-65-59(77)56(74)55(73)51(45-68)81-65/h15,17,21-22,49-53,55-66,68-71,73-79H,3-14,16,18-20,23-48H2,1-2H3,(H,67,72)/b17-15-,22-21-. The van der Waals surface area contributed by atoms with Crippen molar-refractivity contribution in [2.45, 2.75) is 362 Å². The first-order valence-corrected chi connectivity index (χ1v) is 34.1. The number of hydrogen-bond acceptors (Lipinski definition) is 18. The number of hydrogen-bond donors (Lipinski definition) is 12. The molecule has 0 aromatic carbocycles. The van der Waals surface area contributed by atoms with Gasteiger partial charge in [0.25, 0.3) is 0 Å². The second-order valence-corrected chi connectivity index (χ2v) is 24.6. The van der Waals surface area contributed by atoms with Crippen LogP contribution in [0.4, 0.5) is 0 Å². The predicted octanol–water partition coefficient (Wildman–Crippen LogP) is 8.27. The van der Waals surface area contributed by atoms with E-state index in [4.69, 9.17) is 28.4 Å². The molecule has 3 heterocycles. The molecule has 3 fully saturated rings. The molecule has 0 radical (unpaired) electrons. The molecule has 3 aliphatic heterocycles. The van der Waals surface area contributed by atoms with E-state index in [1.54, 1.807) is 0 Å². The van der Waals surface area contributed by atoms with Crippen LogP contribution >= 0.6 is 0 Å². The number of rotatable bonds is 52. The molecule has 0 saturated carbocycles. The molecule has 0 bridgehead atoms. The molecule has 500 valence electrons. The van der Waals surface area contributed by atoms with E-state index in [9.17, 15) is 61.0 Å². The first kappa shape index (κ1) is 77.5. The van der Waals surface area contributed by atoms with Crippen molar-refractivity contribution < 1.29 is 89.4 Å². The van der Waals surface area contributed by atoms with Crippen LogP contribution in [0.2, 0.25) is 0 Å². The Morgan fingerprint density at radius 2 is 0.776 bits per heavy atom. The van der Waals surface area contributed by atoms with E-state index in [1.807, 2.05) is 0 Å². The fourth-order valence-corrected chi connectivity index (χ4v) is 11.7. The van der Waals surface area contributed by atoms with Crippen molar-refractivity contribution in [2.24, 2.45) is 0 Å². The summed E-state index contributed by atoms with van der Waals surface area (Å²) in [6, 6.07) is -0.887. The smallest absolute Gasteiger partial charge is 0.220 e. The van der Waals surface area contributed by atoms with Crippen molar-refractivity contribution in [2.75, 3.05) is 26.4 Å². The maximum atomic E-state index is 13.4. The number of aliphatic hydroxyl groups excluding tert-OH is 11. The Kier molecular flexibility index (Phi) is 44.7. The molecule has 12 N–H and O–H groups in total. The van der Waals surface area contributed by atoms with Crippen LogP contribution in [0.25, 0.3) is 0 Å². The summed E-state index contributed by atoms with van der Waals surface area (Å²) in [6.07, 6.45) is 26.7. The lowest BCUT2D eigenvalue weighted by Gasteiger charge is -2.48. The van der Waals surface area contributed by atoms with Gasteiger partial charge >= 0.3 is 0 Å². The van der Waals surface area contributed by atoms with Crippen LogP contribution in [-0.2, 0) is 33.2 Å². The van der Waals surface area contributed by atoms with Gasteiger partial charge in [-0.05, 0) is 44.9 Å². The molecule has 0 spiro atoms. The average molecular weight is 1220 g/mol. The number of nitrogens with one attached hydrogen (secondary N) is 1. The summed E-state index contributed by atoms with van der Waals surface area (Å²) in [7, 11) is 0. The molecule has 19 nitrogen and oxygen atoms in total. The molecule has 0 aromatic rings. The van der Waals surface area contributed by atoms with E-state index >= 15 is 0 Å². The maximum absolute atomic E-state index is 13.4. The summed E-state index contributed by atoms with van der Waals surface area (Å²) >= 11 is 0. The van der Waals surface area contributed by atoms with E-state index in [0.717, 1.165) is 57.8 Å². The summed E-state index contributed by atoms with van der Waals surface area (Å²) < 4.78 is 34.4.